The van der Waals surface area contributed by atoms with Crippen LogP contribution < -0.4 is 5.32 Å². The maximum absolute atomic E-state index is 12.6. The van der Waals surface area contributed by atoms with Crippen LogP contribution in [0.4, 0.5) is 5.69 Å². The van der Waals surface area contributed by atoms with E-state index in [1.807, 2.05) is 0 Å². The van der Waals surface area contributed by atoms with Crippen LogP contribution in [0.25, 0.3) is 0 Å². The molecule has 138 valence electrons. The minimum atomic E-state index is -3.68. The minimum Gasteiger partial charge on any atom is -0.335 e. The van der Waals surface area contributed by atoms with Crippen molar-refractivity contribution < 1.29 is 18.0 Å². The quantitative estimate of drug-likeness (QED) is 0.771. The van der Waals surface area contributed by atoms with Gasteiger partial charge in [-0.1, -0.05) is 0 Å². The third kappa shape index (κ3) is 3.83. The molecule has 2 aromatic rings. The number of aromatic nitrogens is 2. The number of imidazole rings is 1. The van der Waals surface area contributed by atoms with E-state index >= 15 is 0 Å². The van der Waals surface area contributed by atoms with Gasteiger partial charge in [0.15, 0.2) is 10.8 Å². The van der Waals surface area contributed by atoms with Crippen molar-refractivity contribution in [3.8, 4) is 0 Å². The molecule has 1 saturated heterocycles. The maximum atomic E-state index is 12.6. The molecule has 0 aliphatic carbocycles. The van der Waals surface area contributed by atoms with Gasteiger partial charge in [0.2, 0.25) is 5.91 Å². The van der Waals surface area contributed by atoms with Crippen molar-refractivity contribution >= 4 is 27.4 Å². The SMILES string of the molecule is CC(=O)c1ccc(NC(=O)C2CCCN(S(=O)(=O)c3cnc[nH]3)C2)cc1. The fraction of sp³-hybridized carbons (Fsp3) is 0.353. The molecule has 1 fully saturated rings. The van der Waals surface area contributed by atoms with E-state index in [4.69, 9.17) is 0 Å². The molecule has 1 aliphatic rings. The van der Waals surface area contributed by atoms with Crippen molar-refractivity contribution in [3.05, 3.63) is 42.4 Å². The lowest BCUT2D eigenvalue weighted by atomic mass is 9.98. The molecule has 1 atom stereocenters. The highest BCUT2D eigenvalue weighted by atomic mass is 32.2. The summed E-state index contributed by atoms with van der Waals surface area (Å²) in [6, 6.07) is 6.62. The van der Waals surface area contributed by atoms with Crippen molar-refractivity contribution in [2.75, 3.05) is 18.4 Å². The van der Waals surface area contributed by atoms with Gasteiger partial charge in [-0.25, -0.2) is 13.4 Å². The molecule has 26 heavy (non-hydrogen) atoms. The lowest BCUT2D eigenvalue weighted by Crippen LogP contribution is -2.43. The van der Waals surface area contributed by atoms with E-state index in [0.717, 1.165) is 0 Å². The normalized spacial score (nSPS) is 18.4. The number of nitrogens with one attached hydrogen (secondary N) is 2. The highest BCUT2D eigenvalue weighted by Crippen LogP contribution is 2.24. The first-order chi connectivity index (χ1) is 12.4. The Kier molecular flexibility index (Phi) is 5.19. The number of H-pyrrole nitrogens is 1. The number of piperidine rings is 1. The predicted octanol–water partition coefficient (Wildman–Crippen LogP) is 1.65. The van der Waals surface area contributed by atoms with Gasteiger partial charge in [0.05, 0.1) is 18.4 Å². The van der Waals surface area contributed by atoms with Crippen molar-refractivity contribution in [2.24, 2.45) is 5.92 Å². The van der Waals surface area contributed by atoms with E-state index in [-0.39, 0.29) is 23.3 Å². The zero-order valence-corrected chi connectivity index (χ0v) is 15.1. The molecule has 1 aliphatic heterocycles. The lowest BCUT2D eigenvalue weighted by molar-refractivity contribution is -0.120. The molecule has 2 N–H and O–H groups in total. The summed E-state index contributed by atoms with van der Waals surface area (Å²) >= 11 is 0. The number of sulfonamides is 1. The van der Waals surface area contributed by atoms with E-state index < -0.39 is 15.9 Å². The Morgan fingerprint density at radius 3 is 2.62 bits per heavy atom. The number of hydrogen-bond acceptors (Lipinski definition) is 5. The van der Waals surface area contributed by atoms with E-state index in [1.54, 1.807) is 24.3 Å². The number of Topliss-reactive ketones (excluding diaryl/α,β-unsaturated/α-hetero) is 1. The molecule has 2 heterocycles. The number of aromatic amines is 1. The Balaban J connectivity index is 1.67. The molecule has 0 radical (unpaired) electrons. The second-order valence-corrected chi connectivity index (χ2v) is 8.15. The van der Waals surface area contributed by atoms with E-state index in [0.29, 0.717) is 30.6 Å². The van der Waals surface area contributed by atoms with Crippen LogP contribution in [0.2, 0.25) is 0 Å². The zero-order chi connectivity index (χ0) is 18.7. The van der Waals surface area contributed by atoms with Gasteiger partial charge in [-0.2, -0.15) is 4.31 Å². The number of anilines is 1. The summed E-state index contributed by atoms with van der Waals surface area (Å²) in [4.78, 5) is 30.2. The number of carbonyl (C=O) groups is 2. The molecule has 1 unspecified atom stereocenters. The maximum Gasteiger partial charge on any atom is 0.260 e. The first kappa shape index (κ1) is 18.3. The Labute approximate surface area is 151 Å². The molecule has 8 nitrogen and oxygen atoms in total. The van der Waals surface area contributed by atoms with Crippen LogP contribution in [0.15, 0.2) is 41.8 Å². The van der Waals surface area contributed by atoms with Crippen molar-refractivity contribution in [3.63, 3.8) is 0 Å². The highest BCUT2D eigenvalue weighted by molar-refractivity contribution is 7.89. The van der Waals surface area contributed by atoms with Crippen LogP contribution in [0.1, 0.15) is 30.1 Å². The van der Waals surface area contributed by atoms with Gasteiger partial charge in [-0.3, -0.25) is 9.59 Å². The van der Waals surface area contributed by atoms with Crippen LogP contribution in [0.3, 0.4) is 0 Å². The van der Waals surface area contributed by atoms with Gasteiger partial charge in [0.25, 0.3) is 10.0 Å². The average molecular weight is 376 g/mol. The van der Waals surface area contributed by atoms with E-state index in [1.165, 1.54) is 23.8 Å². The molecule has 0 spiro atoms. The molecule has 0 bridgehead atoms. The monoisotopic (exact) mass is 376 g/mol. The van der Waals surface area contributed by atoms with Gasteiger partial charge >= 0.3 is 0 Å². The van der Waals surface area contributed by atoms with Gasteiger partial charge in [-0.15, -0.1) is 0 Å². The van der Waals surface area contributed by atoms with E-state index in [2.05, 4.69) is 15.3 Å². The topological polar surface area (TPSA) is 112 Å². The van der Waals surface area contributed by atoms with Crippen LogP contribution in [-0.4, -0.2) is 47.5 Å². The number of nitrogens with zero attached hydrogens (tertiary/aromatic N) is 2. The van der Waals surface area contributed by atoms with Crippen molar-refractivity contribution in [1.29, 1.82) is 0 Å². The molecule has 1 aromatic heterocycles. The molecule has 1 aromatic carbocycles. The standard InChI is InChI=1S/C17H20N4O4S/c1-12(22)13-4-6-15(7-5-13)20-17(23)14-3-2-8-21(10-14)26(24,25)16-9-18-11-19-16/h4-7,9,11,14H,2-3,8,10H2,1H3,(H,18,19)(H,20,23). The Morgan fingerprint density at radius 1 is 1.27 bits per heavy atom. The van der Waals surface area contributed by atoms with Gasteiger partial charge in [0.1, 0.15) is 0 Å². The Morgan fingerprint density at radius 2 is 2.00 bits per heavy atom. The van der Waals surface area contributed by atoms with Crippen LogP contribution in [-0.2, 0) is 14.8 Å². The highest BCUT2D eigenvalue weighted by Gasteiger charge is 2.34. The number of benzene rings is 1. The summed E-state index contributed by atoms with van der Waals surface area (Å²) in [6.45, 7) is 1.97. The smallest absolute Gasteiger partial charge is 0.260 e. The van der Waals surface area contributed by atoms with Crippen LogP contribution >= 0.6 is 0 Å². The molecular formula is C17H20N4O4S. The first-order valence-corrected chi connectivity index (χ1v) is 9.72. The third-order valence-corrected chi connectivity index (χ3v) is 6.20. The number of carbonyl (C=O) groups excluding carboxylic acids is 2. The fourth-order valence-corrected chi connectivity index (χ4v) is 4.35. The predicted molar refractivity (Wildman–Crippen MR) is 95.1 cm³/mol. The van der Waals surface area contributed by atoms with Gasteiger partial charge in [-0.05, 0) is 44.0 Å². The van der Waals surface area contributed by atoms with Crippen molar-refractivity contribution in [1.82, 2.24) is 14.3 Å². The minimum absolute atomic E-state index is 0.0263. The van der Waals surface area contributed by atoms with Gasteiger partial charge in [0, 0.05) is 24.3 Å². The largest absolute Gasteiger partial charge is 0.335 e. The lowest BCUT2D eigenvalue weighted by Gasteiger charge is -2.30. The summed E-state index contributed by atoms with van der Waals surface area (Å²) in [5.41, 5.74) is 1.14. The summed E-state index contributed by atoms with van der Waals surface area (Å²) in [5.74, 6) is -0.714. The molecule has 0 saturated carbocycles. The Hall–Kier alpha value is -2.52. The number of rotatable bonds is 5. The summed E-state index contributed by atoms with van der Waals surface area (Å²) < 4.78 is 26.4. The molecule has 3 rings (SSSR count). The summed E-state index contributed by atoms with van der Waals surface area (Å²) in [7, 11) is -3.68. The number of amides is 1. The third-order valence-electron chi connectivity index (χ3n) is 4.40. The first-order valence-electron chi connectivity index (χ1n) is 8.28. The Bertz CT molecular complexity index is 891. The molecule has 9 heteroatoms. The van der Waals surface area contributed by atoms with E-state index in [9.17, 15) is 18.0 Å². The molecular weight excluding hydrogens is 356 g/mol. The molecule has 1 amide bonds. The summed E-state index contributed by atoms with van der Waals surface area (Å²) in [6.07, 6.45) is 3.79. The summed E-state index contributed by atoms with van der Waals surface area (Å²) in [5, 5.41) is 2.82. The average Bonchev–Trinajstić information content (AvgIpc) is 3.18. The zero-order valence-electron chi connectivity index (χ0n) is 14.3. The number of ketones is 1. The fourth-order valence-electron chi connectivity index (χ4n) is 2.93. The van der Waals surface area contributed by atoms with Gasteiger partial charge < -0.3 is 10.3 Å². The number of hydrogen-bond donors (Lipinski definition) is 2. The van der Waals surface area contributed by atoms with Crippen molar-refractivity contribution in [2.45, 2.75) is 24.8 Å². The second-order valence-electron chi connectivity index (χ2n) is 6.24. The van der Waals surface area contributed by atoms with Crippen LogP contribution in [0, 0.1) is 5.92 Å². The second kappa shape index (κ2) is 7.38. The van der Waals surface area contributed by atoms with Crippen LogP contribution in [0.5, 0.6) is 0 Å².